The molecule has 6 nitrogen and oxygen atoms in total. The van der Waals surface area contributed by atoms with Crippen molar-refractivity contribution in [2.75, 3.05) is 7.11 Å². The average Bonchev–Trinajstić information content (AvgIpc) is 2.75. The van der Waals surface area contributed by atoms with Crippen molar-refractivity contribution < 1.29 is 19.0 Å². The predicted octanol–water partition coefficient (Wildman–Crippen LogP) is 5.49. The number of hydrogen-bond donors (Lipinski definition) is 1. The lowest BCUT2D eigenvalue weighted by Crippen LogP contribution is -2.33. The number of Topliss-reactive ketones (excluding diaryl/α,β-unsaturated/α-hetero) is 1. The Morgan fingerprint density at radius 1 is 1.24 bits per heavy atom. The number of benzene rings is 2. The molecule has 1 aliphatic carbocycles. The first kappa shape index (κ1) is 22.9. The van der Waals surface area contributed by atoms with Crippen LogP contribution in [0.1, 0.15) is 43.7 Å². The molecule has 0 spiro atoms. The molecule has 0 saturated carbocycles. The van der Waals surface area contributed by atoms with Gasteiger partial charge in [0.2, 0.25) is 5.88 Å². The maximum absolute atomic E-state index is 13.2. The van der Waals surface area contributed by atoms with E-state index in [1.165, 1.54) is 0 Å². The van der Waals surface area contributed by atoms with Gasteiger partial charge in [-0.3, -0.25) is 4.79 Å². The molecule has 4 rings (SSSR count). The van der Waals surface area contributed by atoms with Crippen molar-refractivity contribution in [1.29, 1.82) is 5.26 Å². The molecular formula is C26H25BrN2O4. The van der Waals surface area contributed by atoms with Crippen LogP contribution >= 0.6 is 15.9 Å². The van der Waals surface area contributed by atoms with Crippen LogP contribution in [-0.4, -0.2) is 12.9 Å². The topological polar surface area (TPSA) is 94.6 Å². The number of carbonyl (C=O) groups is 1. The predicted molar refractivity (Wildman–Crippen MR) is 127 cm³/mol. The fourth-order valence-electron chi connectivity index (χ4n) is 4.43. The molecule has 0 amide bonds. The Kier molecular flexibility index (Phi) is 6.22. The van der Waals surface area contributed by atoms with Crippen LogP contribution in [0.5, 0.6) is 11.5 Å². The number of nitrogens with zero attached hydrogens (tertiary/aromatic N) is 1. The molecule has 2 aromatic carbocycles. The highest BCUT2D eigenvalue weighted by Crippen LogP contribution is 2.48. The smallest absolute Gasteiger partial charge is 0.205 e. The Morgan fingerprint density at radius 2 is 2.03 bits per heavy atom. The highest BCUT2D eigenvalue weighted by atomic mass is 79.9. The number of nitrogens with two attached hydrogens (primary N) is 1. The highest BCUT2D eigenvalue weighted by molar-refractivity contribution is 9.10. The fourth-order valence-corrected chi connectivity index (χ4v) is 4.81. The van der Waals surface area contributed by atoms with E-state index in [2.05, 4.69) is 22.0 Å². The lowest BCUT2D eigenvalue weighted by atomic mass is 9.70. The Bertz CT molecular complexity index is 1220. The number of hydrogen-bond acceptors (Lipinski definition) is 6. The van der Waals surface area contributed by atoms with Crippen molar-refractivity contribution >= 4 is 21.7 Å². The lowest BCUT2D eigenvalue weighted by Gasteiger charge is -2.37. The van der Waals surface area contributed by atoms with E-state index in [4.69, 9.17) is 19.9 Å². The SMILES string of the molecule is COc1ccc(C2C(C#N)=C(N)OC3=C2C(=O)CC(C)(C)C3)cc1COc1cccc(Br)c1. The molecule has 0 fully saturated rings. The summed E-state index contributed by atoms with van der Waals surface area (Å²) in [6, 6.07) is 15.3. The van der Waals surface area contributed by atoms with E-state index in [0.717, 1.165) is 15.6 Å². The average molecular weight is 509 g/mol. The van der Waals surface area contributed by atoms with Gasteiger partial charge in [0.1, 0.15) is 35.5 Å². The van der Waals surface area contributed by atoms with Crippen LogP contribution in [0.25, 0.3) is 0 Å². The van der Waals surface area contributed by atoms with E-state index in [0.29, 0.717) is 35.7 Å². The first-order valence-electron chi connectivity index (χ1n) is 10.6. The molecule has 1 atom stereocenters. The van der Waals surface area contributed by atoms with E-state index in [1.807, 2.05) is 56.3 Å². The Hall–Kier alpha value is -3.24. The van der Waals surface area contributed by atoms with E-state index < -0.39 is 5.92 Å². The summed E-state index contributed by atoms with van der Waals surface area (Å²) in [5.41, 5.74) is 8.23. The zero-order chi connectivity index (χ0) is 23.8. The van der Waals surface area contributed by atoms with Crippen molar-refractivity contribution in [1.82, 2.24) is 0 Å². The van der Waals surface area contributed by atoms with E-state index in [1.54, 1.807) is 7.11 Å². The molecule has 2 aliphatic rings. The number of nitriles is 1. The summed E-state index contributed by atoms with van der Waals surface area (Å²) >= 11 is 3.45. The molecule has 2 N–H and O–H groups in total. The lowest BCUT2D eigenvalue weighted by molar-refractivity contribution is -0.119. The maximum atomic E-state index is 13.2. The molecule has 1 unspecified atom stereocenters. The van der Waals surface area contributed by atoms with Gasteiger partial charge in [0.05, 0.1) is 13.0 Å². The van der Waals surface area contributed by atoms with Crippen molar-refractivity contribution in [2.45, 2.75) is 39.2 Å². The zero-order valence-electron chi connectivity index (χ0n) is 18.8. The molecule has 1 heterocycles. The first-order valence-corrected chi connectivity index (χ1v) is 11.4. The van der Waals surface area contributed by atoms with Crippen molar-refractivity contribution in [3.63, 3.8) is 0 Å². The third kappa shape index (κ3) is 4.62. The van der Waals surface area contributed by atoms with Crippen LogP contribution in [0, 0.1) is 16.7 Å². The van der Waals surface area contributed by atoms with Crippen molar-refractivity contribution in [2.24, 2.45) is 11.1 Å². The highest BCUT2D eigenvalue weighted by Gasteiger charge is 2.43. The summed E-state index contributed by atoms with van der Waals surface area (Å²) in [4.78, 5) is 13.2. The molecule has 0 saturated heterocycles. The summed E-state index contributed by atoms with van der Waals surface area (Å²) in [7, 11) is 1.60. The molecule has 7 heteroatoms. The number of rotatable bonds is 5. The second kappa shape index (κ2) is 8.95. The first-order chi connectivity index (χ1) is 15.7. The third-order valence-electron chi connectivity index (χ3n) is 5.90. The monoisotopic (exact) mass is 508 g/mol. The fraction of sp³-hybridized carbons (Fsp3) is 0.308. The summed E-state index contributed by atoms with van der Waals surface area (Å²) in [5, 5.41) is 9.86. The van der Waals surface area contributed by atoms with Crippen LogP contribution in [0.4, 0.5) is 0 Å². The standard InChI is InChI=1S/C26H25BrN2O4/c1-26(2)11-20(30)24-22(12-26)33-25(29)19(13-28)23(24)15-7-8-21(31-3)16(9-15)14-32-18-6-4-5-17(27)10-18/h4-10,23H,11-12,14,29H2,1-3H3. The number of ketones is 1. The van der Waals surface area contributed by atoms with Gasteiger partial charge in [0.15, 0.2) is 5.78 Å². The van der Waals surface area contributed by atoms with Crippen LogP contribution in [0.15, 0.2) is 69.7 Å². The summed E-state index contributed by atoms with van der Waals surface area (Å²) in [5.74, 6) is 1.36. The molecule has 0 radical (unpaired) electrons. The second-order valence-corrected chi connectivity index (χ2v) is 9.94. The maximum Gasteiger partial charge on any atom is 0.205 e. The number of methoxy groups -OCH3 is 1. The van der Waals surface area contributed by atoms with Crippen LogP contribution in [-0.2, 0) is 16.1 Å². The quantitative estimate of drug-likeness (QED) is 0.573. The van der Waals surface area contributed by atoms with Gasteiger partial charge in [-0.05, 0) is 41.3 Å². The molecule has 0 bridgehead atoms. The van der Waals surface area contributed by atoms with Gasteiger partial charge in [0, 0.05) is 28.5 Å². The van der Waals surface area contributed by atoms with E-state index >= 15 is 0 Å². The number of carbonyl (C=O) groups excluding carboxylic acids is 1. The summed E-state index contributed by atoms with van der Waals surface area (Å²) in [6.45, 7) is 4.31. The molecule has 170 valence electrons. The number of allylic oxidation sites excluding steroid dienone is 3. The van der Waals surface area contributed by atoms with Crippen molar-refractivity contribution in [3.05, 3.63) is 80.9 Å². The van der Waals surface area contributed by atoms with Gasteiger partial charge >= 0.3 is 0 Å². The second-order valence-electron chi connectivity index (χ2n) is 9.02. The van der Waals surface area contributed by atoms with Crippen LogP contribution < -0.4 is 15.2 Å². The number of halogens is 1. The van der Waals surface area contributed by atoms with E-state index in [9.17, 15) is 10.1 Å². The van der Waals surface area contributed by atoms with Crippen LogP contribution in [0.3, 0.4) is 0 Å². The Labute approximate surface area is 201 Å². The normalized spacial score (nSPS) is 19.5. The van der Waals surface area contributed by atoms with Gasteiger partial charge in [-0.25, -0.2) is 0 Å². The minimum Gasteiger partial charge on any atom is -0.496 e. The van der Waals surface area contributed by atoms with Crippen LogP contribution in [0.2, 0.25) is 0 Å². The van der Waals surface area contributed by atoms with Gasteiger partial charge in [-0.1, -0.05) is 41.9 Å². The summed E-state index contributed by atoms with van der Waals surface area (Å²) in [6.07, 6.45) is 0.971. The third-order valence-corrected chi connectivity index (χ3v) is 6.40. The van der Waals surface area contributed by atoms with Gasteiger partial charge < -0.3 is 19.9 Å². The molecular weight excluding hydrogens is 484 g/mol. The largest absolute Gasteiger partial charge is 0.496 e. The molecule has 1 aliphatic heterocycles. The molecule has 2 aromatic rings. The minimum absolute atomic E-state index is 0.0192. The minimum atomic E-state index is -0.585. The van der Waals surface area contributed by atoms with Gasteiger partial charge in [-0.2, -0.15) is 5.26 Å². The molecule has 0 aromatic heterocycles. The number of ether oxygens (including phenoxy) is 3. The zero-order valence-corrected chi connectivity index (χ0v) is 20.4. The Morgan fingerprint density at radius 3 is 2.73 bits per heavy atom. The summed E-state index contributed by atoms with van der Waals surface area (Å²) < 4.78 is 18.2. The van der Waals surface area contributed by atoms with Crippen molar-refractivity contribution in [3.8, 4) is 17.6 Å². The Balaban J connectivity index is 1.75. The van der Waals surface area contributed by atoms with Gasteiger partial charge in [-0.15, -0.1) is 0 Å². The van der Waals surface area contributed by atoms with Gasteiger partial charge in [0.25, 0.3) is 0 Å². The molecule has 33 heavy (non-hydrogen) atoms. The van der Waals surface area contributed by atoms with E-state index in [-0.39, 0.29) is 29.3 Å².